The highest BCUT2D eigenvalue weighted by molar-refractivity contribution is 4.36. The van der Waals surface area contributed by atoms with E-state index in [0.29, 0.717) is 0 Å². The molecule has 1 unspecified atom stereocenters. The molecule has 0 amide bonds. The first-order valence-corrected chi connectivity index (χ1v) is 2.11. The van der Waals surface area contributed by atoms with Gasteiger partial charge in [0.1, 0.15) is 0 Å². The summed E-state index contributed by atoms with van der Waals surface area (Å²) in [5.74, 6) is 0. The largest absolute Gasteiger partial charge is 0.252 e. The summed E-state index contributed by atoms with van der Waals surface area (Å²) < 4.78 is 0. The van der Waals surface area contributed by atoms with Crippen LogP contribution in [-0.4, -0.2) is 11.4 Å². The highest BCUT2D eigenvalue weighted by Crippen LogP contribution is 1.89. The van der Waals surface area contributed by atoms with Crippen molar-refractivity contribution in [3.63, 3.8) is 0 Å². The molecule has 0 aliphatic heterocycles. The van der Waals surface area contributed by atoms with Crippen molar-refractivity contribution in [2.75, 3.05) is 0 Å². The Labute approximate surface area is 37.7 Å². The van der Waals surface area contributed by atoms with Gasteiger partial charge in [0.05, 0.1) is 6.10 Å². The number of rotatable bonds is 2. The van der Waals surface area contributed by atoms with E-state index in [9.17, 15) is 0 Å². The van der Waals surface area contributed by atoms with Gasteiger partial charge in [0.2, 0.25) is 0 Å². The molecule has 0 aliphatic rings. The Morgan fingerprint density at radius 3 is 2.33 bits per heavy atom. The highest BCUT2D eigenvalue weighted by atomic mass is 17.1. The zero-order valence-corrected chi connectivity index (χ0v) is 4.14. The molecule has 0 fully saturated rings. The van der Waals surface area contributed by atoms with Gasteiger partial charge in [-0.3, -0.25) is 5.26 Å². The molecule has 0 aromatic heterocycles. The van der Waals surface area contributed by atoms with Crippen molar-refractivity contribution in [1.82, 2.24) is 0 Å². The van der Waals surface area contributed by atoms with Crippen LogP contribution in [0.15, 0.2) is 0 Å². The molecule has 38 valence electrons. The Morgan fingerprint density at radius 2 is 2.33 bits per heavy atom. The summed E-state index contributed by atoms with van der Waals surface area (Å²) in [5, 5.41) is 7.83. The van der Waals surface area contributed by atoms with Crippen LogP contribution in [0.2, 0.25) is 0 Å². The number of hydrogen-bond acceptors (Lipinski definition) is 2. The molecule has 0 radical (unpaired) electrons. The van der Waals surface area contributed by atoms with E-state index in [-0.39, 0.29) is 6.10 Å². The topological polar surface area (TPSA) is 29.5 Å². The molecule has 0 aromatic carbocycles. The van der Waals surface area contributed by atoms with Crippen molar-refractivity contribution in [3.05, 3.63) is 0 Å². The lowest BCUT2D eigenvalue weighted by Crippen LogP contribution is -2.00. The first kappa shape index (κ1) is 5.92. The SMILES string of the molecule is CCC(C)OO. The Balaban J connectivity index is 2.75. The van der Waals surface area contributed by atoms with Gasteiger partial charge in [-0.2, -0.15) is 0 Å². The van der Waals surface area contributed by atoms with Crippen LogP contribution in [0.25, 0.3) is 0 Å². The van der Waals surface area contributed by atoms with Gasteiger partial charge in [-0.15, -0.1) is 0 Å². The molecule has 0 aromatic rings. The molecular weight excluding hydrogens is 80.0 g/mol. The fourth-order valence-electron chi connectivity index (χ4n) is 0.0745. The summed E-state index contributed by atoms with van der Waals surface area (Å²) in [6, 6.07) is 0. The minimum Gasteiger partial charge on any atom is -0.252 e. The van der Waals surface area contributed by atoms with Gasteiger partial charge >= 0.3 is 0 Å². The maximum absolute atomic E-state index is 7.83. The summed E-state index contributed by atoms with van der Waals surface area (Å²) in [5.41, 5.74) is 0. The van der Waals surface area contributed by atoms with Crippen LogP contribution in [0.5, 0.6) is 0 Å². The lowest BCUT2D eigenvalue weighted by molar-refractivity contribution is -0.274. The predicted molar refractivity (Wildman–Crippen MR) is 23.5 cm³/mol. The zero-order valence-electron chi connectivity index (χ0n) is 4.14. The Hall–Kier alpha value is -0.0800. The molecule has 6 heavy (non-hydrogen) atoms. The van der Waals surface area contributed by atoms with Crippen LogP contribution in [0.4, 0.5) is 0 Å². The third-order valence-corrected chi connectivity index (χ3v) is 0.755. The average Bonchev–Trinajstić information content (AvgIpc) is 1.65. The van der Waals surface area contributed by atoms with Crippen LogP contribution in [0.1, 0.15) is 20.3 Å². The first-order chi connectivity index (χ1) is 2.81. The molecular formula is C4H10O2. The van der Waals surface area contributed by atoms with Gasteiger partial charge in [0.15, 0.2) is 0 Å². The third-order valence-electron chi connectivity index (χ3n) is 0.755. The van der Waals surface area contributed by atoms with E-state index in [1.807, 2.05) is 6.92 Å². The van der Waals surface area contributed by atoms with E-state index >= 15 is 0 Å². The first-order valence-electron chi connectivity index (χ1n) is 2.11. The smallest absolute Gasteiger partial charge is 0.0896 e. The molecule has 0 saturated carbocycles. The summed E-state index contributed by atoms with van der Waals surface area (Å²) in [4.78, 5) is 3.90. The fraction of sp³-hybridized carbons (Fsp3) is 1.00. The van der Waals surface area contributed by atoms with E-state index in [1.54, 1.807) is 6.92 Å². The molecule has 0 heterocycles. The second-order valence-corrected chi connectivity index (χ2v) is 1.32. The minimum atomic E-state index is -0.00926. The lowest BCUT2D eigenvalue weighted by Gasteiger charge is -1.98. The van der Waals surface area contributed by atoms with Crippen molar-refractivity contribution in [2.45, 2.75) is 26.4 Å². The summed E-state index contributed by atoms with van der Waals surface area (Å²) in [7, 11) is 0. The van der Waals surface area contributed by atoms with Gasteiger partial charge in [-0.25, -0.2) is 4.89 Å². The quantitative estimate of drug-likeness (QED) is 0.408. The molecule has 2 nitrogen and oxygen atoms in total. The van der Waals surface area contributed by atoms with Gasteiger partial charge in [-0.1, -0.05) is 6.92 Å². The summed E-state index contributed by atoms with van der Waals surface area (Å²) >= 11 is 0. The van der Waals surface area contributed by atoms with E-state index in [1.165, 1.54) is 0 Å². The van der Waals surface area contributed by atoms with Gasteiger partial charge in [0.25, 0.3) is 0 Å². The molecule has 0 spiro atoms. The summed E-state index contributed by atoms with van der Waals surface area (Å²) in [6.45, 7) is 3.75. The molecule has 0 aliphatic carbocycles. The highest BCUT2D eigenvalue weighted by Gasteiger charge is 1.91. The normalized spacial score (nSPS) is 14.5. The van der Waals surface area contributed by atoms with Gasteiger partial charge < -0.3 is 0 Å². The monoisotopic (exact) mass is 90.1 g/mol. The Bertz CT molecular complexity index is 24.7. The minimum absolute atomic E-state index is 0.00926. The zero-order chi connectivity index (χ0) is 4.99. The van der Waals surface area contributed by atoms with E-state index in [0.717, 1.165) is 6.42 Å². The predicted octanol–water partition coefficient (Wildman–Crippen LogP) is 1.27. The maximum atomic E-state index is 7.83. The second kappa shape index (κ2) is 3.12. The van der Waals surface area contributed by atoms with Gasteiger partial charge in [0, 0.05) is 0 Å². The van der Waals surface area contributed by atoms with Crippen molar-refractivity contribution in [2.24, 2.45) is 0 Å². The third kappa shape index (κ3) is 2.18. The van der Waals surface area contributed by atoms with Gasteiger partial charge in [-0.05, 0) is 13.3 Å². The fourth-order valence-corrected chi connectivity index (χ4v) is 0.0745. The number of hydrogen-bond donors (Lipinski definition) is 1. The molecule has 1 N–H and O–H groups in total. The van der Waals surface area contributed by atoms with E-state index in [4.69, 9.17) is 5.26 Å². The van der Waals surface area contributed by atoms with Crippen LogP contribution in [0, 0.1) is 0 Å². The van der Waals surface area contributed by atoms with Crippen LogP contribution in [0.3, 0.4) is 0 Å². The second-order valence-electron chi connectivity index (χ2n) is 1.32. The molecule has 0 bridgehead atoms. The summed E-state index contributed by atoms with van der Waals surface area (Å²) in [6.07, 6.45) is 0.848. The van der Waals surface area contributed by atoms with Crippen LogP contribution < -0.4 is 0 Å². The van der Waals surface area contributed by atoms with E-state index in [2.05, 4.69) is 4.89 Å². The maximum Gasteiger partial charge on any atom is 0.0896 e. The standard InChI is InChI=1S/C4H10O2/c1-3-4(2)6-5/h4-5H,3H2,1-2H3. The van der Waals surface area contributed by atoms with Crippen molar-refractivity contribution in [3.8, 4) is 0 Å². The van der Waals surface area contributed by atoms with Crippen molar-refractivity contribution in [1.29, 1.82) is 0 Å². The molecule has 0 saturated heterocycles. The Kier molecular flexibility index (Phi) is 3.08. The van der Waals surface area contributed by atoms with Crippen molar-refractivity contribution >= 4 is 0 Å². The lowest BCUT2D eigenvalue weighted by atomic mass is 10.3. The van der Waals surface area contributed by atoms with Crippen LogP contribution in [-0.2, 0) is 4.89 Å². The van der Waals surface area contributed by atoms with Crippen LogP contribution >= 0.6 is 0 Å². The van der Waals surface area contributed by atoms with Crippen molar-refractivity contribution < 1.29 is 10.1 Å². The average molecular weight is 90.1 g/mol. The van der Waals surface area contributed by atoms with E-state index < -0.39 is 0 Å². The molecule has 1 atom stereocenters. The molecule has 0 rings (SSSR count). The Morgan fingerprint density at radius 1 is 1.83 bits per heavy atom. The molecule has 2 heteroatoms.